The lowest BCUT2D eigenvalue weighted by molar-refractivity contribution is -0.135. The Morgan fingerprint density at radius 1 is 1.71 bits per heavy atom. The van der Waals surface area contributed by atoms with E-state index in [1.807, 2.05) is 0 Å². The monoisotopic (exact) mass is 193 g/mol. The highest BCUT2D eigenvalue weighted by atomic mass is 19.1. The maximum atomic E-state index is 12.7. The van der Waals surface area contributed by atoms with Gasteiger partial charge in [-0.3, -0.25) is 4.79 Å². The second kappa shape index (κ2) is 4.38. The highest BCUT2D eigenvalue weighted by Gasteiger charge is 1.97. The summed E-state index contributed by atoms with van der Waals surface area (Å²) in [5.41, 5.74) is 0.914. The number of carbonyl (C=O) groups is 1. The van der Waals surface area contributed by atoms with Crippen molar-refractivity contribution in [2.45, 2.75) is 13.3 Å². The Kier molecular flexibility index (Phi) is 3.19. The van der Waals surface area contributed by atoms with Crippen molar-refractivity contribution in [3.63, 3.8) is 0 Å². The number of pyridine rings is 1. The summed E-state index contributed by atoms with van der Waals surface area (Å²) >= 11 is 0. The van der Waals surface area contributed by atoms with Crippen LogP contribution in [0.1, 0.15) is 17.5 Å². The van der Waals surface area contributed by atoms with E-state index < -0.39 is 11.9 Å². The molecule has 0 unspecified atom stereocenters. The first-order valence-electron chi connectivity index (χ1n) is 3.92. The summed E-state index contributed by atoms with van der Waals surface area (Å²) in [7, 11) is 0. The van der Waals surface area contributed by atoms with Crippen molar-refractivity contribution in [3.8, 4) is 11.8 Å². The van der Waals surface area contributed by atoms with Gasteiger partial charge >= 0.3 is 5.97 Å². The Balaban J connectivity index is 2.81. The third-order valence-corrected chi connectivity index (χ3v) is 1.49. The molecule has 72 valence electrons. The summed E-state index contributed by atoms with van der Waals surface area (Å²) in [4.78, 5) is 13.6. The van der Waals surface area contributed by atoms with Gasteiger partial charge in [-0.25, -0.2) is 4.98 Å². The van der Waals surface area contributed by atoms with E-state index in [0.717, 1.165) is 0 Å². The van der Waals surface area contributed by atoms with Crippen molar-refractivity contribution in [2.24, 2.45) is 0 Å². The third kappa shape index (κ3) is 2.87. The van der Waals surface area contributed by atoms with Gasteiger partial charge in [0.25, 0.3) is 0 Å². The van der Waals surface area contributed by atoms with Crippen LogP contribution < -0.4 is 0 Å². The molecule has 1 aromatic rings. The van der Waals surface area contributed by atoms with Crippen LogP contribution in [0.2, 0.25) is 0 Å². The number of nitrogens with zero attached hydrogens (tertiary/aromatic N) is 1. The zero-order valence-corrected chi connectivity index (χ0v) is 7.54. The summed E-state index contributed by atoms with van der Waals surface area (Å²) in [6, 6.07) is 1.52. The van der Waals surface area contributed by atoms with Gasteiger partial charge in [0.1, 0.15) is 6.42 Å². The summed E-state index contributed by atoms with van der Waals surface area (Å²) in [6.07, 6.45) is 1.05. The van der Waals surface area contributed by atoms with Crippen molar-refractivity contribution in [1.82, 2.24) is 4.98 Å². The van der Waals surface area contributed by atoms with E-state index in [1.165, 1.54) is 12.3 Å². The van der Waals surface area contributed by atoms with Crippen molar-refractivity contribution in [3.05, 3.63) is 29.3 Å². The van der Waals surface area contributed by atoms with Crippen LogP contribution in [-0.4, -0.2) is 16.1 Å². The van der Waals surface area contributed by atoms with E-state index in [9.17, 15) is 9.18 Å². The zero-order valence-electron chi connectivity index (χ0n) is 7.54. The number of carboxylic acid groups (broad SMARTS) is 1. The Hall–Kier alpha value is -1.89. The molecule has 4 heteroatoms. The number of aryl methyl sites for hydroxylation is 1. The highest BCUT2D eigenvalue weighted by Crippen LogP contribution is 2.04. The quantitative estimate of drug-likeness (QED) is 0.541. The fourth-order valence-electron chi connectivity index (χ4n) is 0.848. The average molecular weight is 193 g/mol. The molecule has 1 rings (SSSR count). The smallest absolute Gasteiger partial charge is 0.315 e. The Bertz CT molecular complexity index is 418. The molecule has 0 spiro atoms. The summed E-state index contributed by atoms with van der Waals surface area (Å²) in [5.74, 6) is 3.50. The molecule has 0 amide bonds. The first kappa shape index (κ1) is 10.2. The van der Waals surface area contributed by atoms with Crippen molar-refractivity contribution in [2.75, 3.05) is 0 Å². The van der Waals surface area contributed by atoms with Crippen LogP contribution in [0.4, 0.5) is 4.39 Å². The molecule has 14 heavy (non-hydrogen) atoms. The molecule has 0 aliphatic heterocycles. The minimum Gasteiger partial charge on any atom is -0.481 e. The van der Waals surface area contributed by atoms with E-state index in [4.69, 9.17) is 5.11 Å². The molecule has 0 bridgehead atoms. The zero-order chi connectivity index (χ0) is 10.6. The number of hydrogen-bond acceptors (Lipinski definition) is 2. The number of rotatable bonds is 1. The first-order valence-corrected chi connectivity index (χ1v) is 3.92. The van der Waals surface area contributed by atoms with Crippen molar-refractivity contribution in [1.29, 1.82) is 0 Å². The first-order chi connectivity index (χ1) is 6.59. The summed E-state index contributed by atoms with van der Waals surface area (Å²) < 4.78 is 12.7. The number of aliphatic carboxylic acids is 1. The number of carboxylic acids is 1. The number of aromatic nitrogens is 1. The minimum absolute atomic E-state index is 0.226. The Morgan fingerprint density at radius 2 is 2.43 bits per heavy atom. The van der Waals surface area contributed by atoms with Crippen LogP contribution in [0.25, 0.3) is 0 Å². The summed E-state index contributed by atoms with van der Waals surface area (Å²) in [6.45, 7) is 1.57. The minimum atomic E-state index is -0.982. The van der Waals surface area contributed by atoms with Gasteiger partial charge < -0.3 is 5.11 Å². The lowest BCUT2D eigenvalue weighted by atomic mass is 10.2. The molecule has 0 saturated carbocycles. The standard InChI is InChI=1S/C10H8FNO2/c1-7-5-8(6-12-10(7)11)3-2-4-9(13)14/h5-6H,4H2,1H3,(H,13,14). The summed E-state index contributed by atoms with van der Waals surface area (Å²) in [5, 5.41) is 8.31. The second-order valence-electron chi connectivity index (χ2n) is 2.70. The maximum absolute atomic E-state index is 12.7. The molecule has 0 saturated heterocycles. The maximum Gasteiger partial charge on any atom is 0.315 e. The molecule has 0 aliphatic rings. The van der Waals surface area contributed by atoms with E-state index in [2.05, 4.69) is 16.8 Å². The van der Waals surface area contributed by atoms with E-state index in [0.29, 0.717) is 11.1 Å². The van der Waals surface area contributed by atoms with Gasteiger partial charge in [0.05, 0.1) is 0 Å². The van der Waals surface area contributed by atoms with Crippen LogP contribution in [0.15, 0.2) is 12.3 Å². The molecule has 0 atom stereocenters. The van der Waals surface area contributed by atoms with Crippen LogP contribution in [0.5, 0.6) is 0 Å². The molecule has 0 fully saturated rings. The van der Waals surface area contributed by atoms with Crippen molar-refractivity contribution >= 4 is 5.97 Å². The topological polar surface area (TPSA) is 50.2 Å². The van der Waals surface area contributed by atoms with E-state index in [-0.39, 0.29) is 6.42 Å². The van der Waals surface area contributed by atoms with Crippen LogP contribution in [-0.2, 0) is 4.79 Å². The highest BCUT2D eigenvalue weighted by molar-refractivity contribution is 5.70. The lowest BCUT2D eigenvalue weighted by Crippen LogP contribution is -1.91. The molecule has 1 aromatic heterocycles. The molecule has 0 aliphatic carbocycles. The fourth-order valence-corrected chi connectivity index (χ4v) is 0.848. The van der Waals surface area contributed by atoms with Crippen LogP contribution in [0.3, 0.4) is 0 Å². The predicted octanol–water partition coefficient (Wildman–Crippen LogP) is 1.36. The molecule has 1 heterocycles. The van der Waals surface area contributed by atoms with Gasteiger partial charge in [0, 0.05) is 17.3 Å². The van der Waals surface area contributed by atoms with Gasteiger partial charge in [-0.15, -0.1) is 0 Å². The molecule has 3 nitrogen and oxygen atoms in total. The molecule has 1 N–H and O–H groups in total. The molecule has 0 aromatic carbocycles. The number of hydrogen-bond donors (Lipinski definition) is 1. The normalized spacial score (nSPS) is 9.00. The molecular weight excluding hydrogens is 185 g/mol. The van der Waals surface area contributed by atoms with Crippen LogP contribution >= 0.6 is 0 Å². The van der Waals surface area contributed by atoms with E-state index >= 15 is 0 Å². The average Bonchev–Trinajstić information content (AvgIpc) is 2.10. The predicted molar refractivity (Wildman–Crippen MR) is 48.1 cm³/mol. The SMILES string of the molecule is Cc1cc(C#CCC(=O)O)cnc1F. The second-order valence-corrected chi connectivity index (χ2v) is 2.70. The number of halogens is 1. The van der Waals surface area contributed by atoms with Gasteiger partial charge in [0.15, 0.2) is 0 Å². The Morgan fingerprint density at radius 3 is 3.00 bits per heavy atom. The van der Waals surface area contributed by atoms with Crippen LogP contribution in [0, 0.1) is 24.7 Å². The fraction of sp³-hybridized carbons (Fsp3) is 0.200. The van der Waals surface area contributed by atoms with Gasteiger partial charge in [-0.2, -0.15) is 4.39 Å². The lowest BCUT2D eigenvalue weighted by Gasteiger charge is -1.94. The van der Waals surface area contributed by atoms with E-state index in [1.54, 1.807) is 6.92 Å². The Labute approximate surface area is 80.6 Å². The molecular formula is C10H8FNO2. The van der Waals surface area contributed by atoms with Crippen molar-refractivity contribution < 1.29 is 14.3 Å². The van der Waals surface area contributed by atoms with Gasteiger partial charge in [-0.05, 0) is 13.0 Å². The largest absolute Gasteiger partial charge is 0.481 e. The van der Waals surface area contributed by atoms with Gasteiger partial charge in [0.2, 0.25) is 5.95 Å². The third-order valence-electron chi connectivity index (χ3n) is 1.49. The molecule has 0 radical (unpaired) electrons. The van der Waals surface area contributed by atoms with Gasteiger partial charge in [-0.1, -0.05) is 11.8 Å².